The summed E-state index contributed by atoms with van der Waals surface area (Å²) in [6.07, 6.45) is 6.64. The van der Waals surface area contributed by atoms with Gasteiger partial charge in [0.15, 0.2) is 0 Å². The van der Waals surface area contributed by atoms with Crippen molar-refractivity contribution < 1.29 is 15.0 Å². The van der Waals surface area contributed by atoms with Crippen molar-refractivity contribution in [1.29, 1.82) is 0 Å². The fourth-order valence-corrected chi connectivity index (χ4v) is 2.55. The number of aliphatic hydroxyl groups excluding tert-OH is 2. The summed E-state index contributed by atoms with van der Waals surface area (Å²) in [5, 5.41) is 19.0. The van der Waals surface area contributed by atoms with Gasteiger partial charge in [0, 0.05) is 13.1 Å². The molecule has 0 bridgehead atoms. The molecule has 1 aliphatic heterocycles. The molecule has 18 heavy (non-hydrogen) atoms. The van der Waals surface area contributed by atoms with E-state index in [2.05, 4.69) is 0 Å². The first-order valence-corrected chi connectivity index (χ1v) is 6.29. The van der Waals surface area contributed by atoms with Crippen molar-refractivity contribution in [3.63, 3.8) is 0 Å². The Balaban J connectivity index is 2.20. The number of amides is 2. The highest BCUT2D eigenvalue weighted by Crippen LogP contribution is 2.27. The van der Waals surface area contributed by atoms with Crippen LogP contribution < -0.4 is 0 Å². The van der Waals surface area contributed by atoms with Crippen LogP contribution in [0.5, 0.6) is 0 Å². The number of urea groups is 1. The number of hydrogen-bond donors (Lipinski definition) is 2. The predicted molar refractivity (Wildman–Crippen MR) is 68.0 cm³/mol. The highest BCUT2D eigenvalue weighted by atomic mass is 16.3. The fraction of sp³-hybridized carbons (Fsp3) is 0.615. The number of allylic oxidation sites excluding steroid dienone is 2. The third-order valence-electron chi connectivity index (χ3n) is 3.21. The third kappa shape index (κ3) is 2.42. The zero-order valence-corrected chi connectivity index (χ0v) is 10.7. The van der Waals surface area contributed by atoms with Gasteiger partial charge in [-0.2, -0.15) is 0 Å². The Labute approximate surface area is 107 Å². The number of carbonyl (C=O) groups excluding carboxylic acids is 1. The molecule has 100 valence electrons. The van der Waals surface area contributed by atoms with Crippen molar-refractivity contribution >= 4 is 6.03 Å². The molecule has 2 rings (SSSR count). The molecule has 0 radical (unpaired) electrons. The van der Waals surface area contributed by atoms with E-state index < -0.39 is 12.2 Å². The topological polar surface area (TPSA) is 64.0 Å². The molecule has 5 nitrogen and oxygen atoms in total. The van der Waals surface area contributed by atoms with E-state index in [1.165, 1.54) is 0 Å². The second kappa shape index (κ2) is 5.12. The molecule has 1 saturated heterocycles. The van der Waals surface area contributed by atoms with Crippen molar-refractivity contribution in [2.45, 2.75) is 38.1 Å². The molecular weight excluding hydrogens is 232 g/mol. The van der Waals surface area contributed by atoms with E-state index in [4.69, 9.17) is 0 Å². The number of hydrogen-bond acceptors (Lipinski definition) is 3. The van der Waals surface area contributed by atoms with E-state index >= 15 is 0 Å². The van der Waals surface area contributed by atoms with E-state index in [9.17, 15) is 15.0 Å². The maximum Gasteiger partial charge on any atom is 0.321 e. The molecule has 5 heteroatoms. The minimum atomic E-state index is -0.555. The quantitative estimate of drug-likeness (QED) is 0.759. The van der Waals surface area contributed by atoms with E-state index in [-0.39, 0.29) is 18.1 Å². The molecule has 0 aromatic rings. The molecule has 0 saturated carbocycles. The van der Waals surface area contributed by atoms with Crippen LogP contribution in [0.25, 0.3) is 0 Å². The largest absolute Gasteiger partial charge is 0.392 e. The van der Waals surface area contributed by atoms with Gasteiger partial charge in [-0.3, -0.25) is 0 Å². The molecule has 1 heterocycles. The average Bonchev–Trinajstić information content (AvgIpc) is 2.54. The maximum absolute atomic E-state index is 12.3. The van der Waals surface area contributed by atoms with Crippen molar-refractivity contribution in [2.75, 3.05) is 13.1 Å². The van der Waals surface area contributed by atoms with Crippen LogP contribution in [-0.2, 0) is 0 Å². The van der Waals surface area contributed by atoms with E-state index in [1.807, 2.05) is 24.3 Å². The average molecular weight is 252 g/mol. The lowest BCUT2D eigenvalue weighted by Gasteiger charge is -2.25. The lowest BCUT2D eigenvalue weighted by molar-refractivity contribution is 0.122. The summed E-state index contributed by atoms with van der Waals surface area (Å²) in [5.74, 6) is 0. The lowest BCUT2D eigenvalue weighted by Crippen LogP contribution is -2.40. The number of carbonyl (C=O) groups is 1. The van der Waals surface area contributed by atoms with Crippen LogP contribution in [-0.4, -0.2) is 63.4 Å². The van der Waals surface area contributed by atoms with Crippen LogP contribution in [0.3, 0.4) is 0 Å². The van der Waals surface area contributed by atoms with E-state index in [1.54, 1.807) is 23.6 Å². The van der Waals surface area contributed by atoms with Gasteiger partial charge in [0.25, 0.3) is 0 Å². The molecule has 0 aromatic carbocycles. The second-order valence-corrected chi connectivity index (χ2v) is 5.04. The highest BCUT2D eigenvalue weighted by molar-refractivity contribution is 5.79. The van der Waals surface area contributed by atoms with Gasteiger partial charge in [-0.25, -0.2) is 4.79 Å². The summed E-state index contributed by atoms with van der Waals surface area (Å²) in [4.78, 5) is 15.6. The summed E-state index contributed by atoms with van der Waals surface area (Å²) in [7, 11) is 0. The summed E-state index contributed by atoms with van der Waals surface area (Å²) in [5.41, 5.74) is 0. The third-order valence-corrected chi connectivity index (χ3v) is 3.21. The Morgan fingerprint density at radius 1 is 1.06 bits per heavy atom. The highest BCUT2D eigenvalue weighted by Gasteiger charge is 2.44. The van der Waals surface area contributed by atoms with Crippen LogP contribution in [0, 0.1) is 0 Å². The van der Waals surface area contributed by atoms with Gasteiger partial charge >= 0.3 is 6.03 Å². The molecule has 2 aliphatic rings. The minimum absolute atomic E-state index is 0.0455. The molecule has 0 aromatic heterocycles. The van der Waals surface area contributed by atoms with Gasteiger partial charge < -0.3 is 20.0 Å². The molecule has 4 atom stereocenters. The Morgan fingerprint density at radius 3 is 1.78 bits per heavy atom. The summed E-state index contributed by atoms with van der Waals surface area (Å²) < 4.78 is 0. The number of fused-ring (bicyclic) bond motifs is 1. The number of aliphatic hydroxyl groups is 2. The summed E-state index contributed by atoms with van der Waals surface area (Å²) in [6, 6.07) is -0.213. The van der Waals surface area contributed by atoms with Gasteiger partial charge in [0.2, 0.25) is 0 Å². The van der Waals surface area contributed by atoms with Gasteiger partial charge in [-0.1, -0.05) is 24.3 Å². The van der Waals surface area contributed by atoms with Gasteiger partial charge in [0.05, 0.1) is 24.3 Å². The van der Waals surface area contributed by atoms with Gasteiger partial charge in [-0.05, 0) is 13.8 Å². The van der Waals surface area contributed by atoms with E-state index in [0.29, 0.717) is 13.1 Å². The first-order chi connectivity index (χ1) is 8.50. The van der Waals surface area contributed by atoms with Crippen molar-refractivity contribution in [3.8, 4) is 0 Å². The first-order valence-electron chi connectivity index (χ1n) is 6.29. The maximum atomic E-state index is 12.3. The zero-order valence-electron chi connectivity index (χ0n) is 10.7. The van der Waals surface area contributed by atoms with Crippen LogP contribution in [0.4, 0.5) is 4.79 Å². The monoisotopic (exact) mass is 252 g/mol. The van der Waals surface area contributed by atoms with Gasteiger partial charge in [0.1, 0.15) is 0 Å². The van der Waals surface area contributed by atoms with Crippen LogP contribution in [0.2, 0.25) is 0 Å². The van der Waals surface area contributed by atoms with Crippen molar-refractivity contribution in [1.82, 2.24) is 9.80 Å². The van der Waals surface area contributed by atoms with E-state index in [0.717, 1.165) is 0 Å². The zero-order chi connectivity index (χ0) is 13.3. The lowest BCUT2D eigenvalue weighted by atomic mass is 10.0. The summed E-state index contributed by atoms with van der Waals surface area (Å²) in [6.45, 7) is 3.97. The fourth-order valence-electron chi connectivity index (χ4n) is 2.55. The Hall–Kier alpha value is -1.33. The Morgan fingerprint density at radius 2 is 1.44 bits per heavy atom. The number of nitrogens with zero attached hydrogens (tertiary/aromatic N) is 2. The molecule has 1 fully saturated rings. The van der Waals surface area contributed by atoms with Crippen molar-refractivity contribution in [3.05, 3.63) is 24.3 Å². The molecule has 2 amide bonds. The molecular formula is C13H20N2O3. The van der Waals surface area contributed by atoms with Crippen molar-refractivity contribution in [2.24, 2.45) is 0 Å². The van der Waals surface area contributed by atoms with Crippen LogP contribution >= 0.6 is 0 Å². The second-order valence-electron chi connectivity index (χ2n) is 5.04. The molecule has 4 unspecified atom stereocenters. The first kappa shape index (κ1) is 13.1. The van der Waals surface area contributed by atoms with Gasteiger partial charge in [-0.15, -0.1) is 0 Å². The Kier molecular flexibility index (Phi) is 3.73. The molecule has 2 N–H and O–H groups in total. The summed E-state index contributed by atoms with van der Waals surface area (Å²) >= 11 is 0. The number of β-amino-alcohol motifs (C(OH)–C–C–N with tert-alkyl or cyclic N) is 2. The van der Waals surface area contributed by atoms with Crippen LogP contribution in [0.1, 0.15) is 13.8 Å². The minimum Gasteiger partial charge on any atom is -0.392 e. The Bertz CT molecular complexity index is 342. The molecule has 0 spiro atoms. The standard InChI is InChI=1S/C13H20N2O3/c1-9(16)7-14-11-5-3-4-6-12(11)15(13(14)18)8-10(2)17/h3-6,9-12,16-17H,7-8H2,1-2H3. The normalized spacial score (nSPS) is 29.7. The molecule has 1 aliphatic carbocycles. The predicted octanol–water partition coefficient (Wildman–Crippen LogP) is 0.349. The smallest absolute Gasteiger partial charge is 0.321 e. The number of rotatable bonds is 4. The van der Waals surface area contributed by atoms with Crippen LogP contribution in [0.15, 0.2) is 24.3 Å². The SMILES string of the molecule is CC(O)CN1C(=O)N(CC(C)O)C2C=CC=CC21.